The minimum atomic E-state index is -3.58. The molecule has 6 nitrogen and oxygen atoms in total. The molecule has 118 valence electrons. The van der Waals surface area contributed by atoms with Gasteiger partial charge in [0.1, 0.15) is 10.6 Å². The molecular formula is C16H13NO5S. The van der Waals surface area contributed by atoms with Crippen molar-refractivity contribution in [1.29, 1.82) is 0 Å². The summed E-state index contributed by atoms with van der Waals surface area (Å²) in [6, 6.07) is 11.4. The number of benzene rings is 2. The predicted octanol–water partition coefficient (Wildman–Crippen LogP) is 2.22. The van der Waals surface area contributed by atoms with Crippen molar-refractivity contribution in [3.63, 3.8) is 0 Å². The Morgan fingerprint density at radius 3 is 2.70 bits per heavy atom. The zero-order valence-corrected chi connectivity index (χ0v) is 12.8. The van der Waals surface area contributed by atoms with Gasteiger partial charge in [0.2, 0.25) is 0 Å². The van der Waals surface area contributed by atoms with Gasteiger partial charge in [0.05, 0.1) is 29.7 Å². The summed E-state index contributed by atoms with van der Waals surface area (Å²) in [5.41, 5.74) is 0.696. The van der Waals surface area contributed by atoms with Crippen molar-refractivity contribution >= 4 is 21.4 Å². The number of amides is 1. The fourth-order valence-electron chi connectivity index (χ4n) is 2.51. The third-order valence-electron chi connectivity index (χ3n) is 3.71. The number of hydrogen-bond acceptors (Lipinski definition) is 5. The van der Waals surface area contributed by atoms with E-state index in [1.54, 1.807) is 36.4 Å². The van der Waals surface area contributed by atoms with E-state index in [-0.39, 0.29) is 28.4 Å². The average molecular weight is 331 g/mol. The average Bonchev–Trinajstić information content (AvgIpc) is 3.33. The first kappa shape index (κ1) is 14.2. The molecule has 0 bridgehead atoms. The number of carbonyl (C=O) groups excluding carboxylic acids is 1. The lowest BCUT2D eigenvalue weighted by atomic mass is 10.2. The number of ether oxygens (including phenoxy) is 2. The van der Waals surface area contributed by atoms with Crippen LogP contribution in [-0.2, 0) is 14.6 Å². The second-order valence-electron chi connectivity index (χ2n) is 5.42. The van der Waals surface area contributed by atoms with Crippen LogP contribution in [-0.4, -0.2) is 32.8 Å². The van der Waals surface area contributed by atoms with Crippen LogP contribution in [0.15, 0.2) is 47.4 Å². The minimum absolute atomic E-state index is 0.0579. The van der Waals surface area contributed by atoms with Crippen LogP contribution in [0.3, 0.4) is 0 Å². The van der Waals surface area contributed by atoms with E-state index in [0.717, 1.165) is 0 Å². The molecule has 2 aromatic rings. The van der Waals surface area contributed by atoms with E-state index in [0.29, 0.717) is 23.6 Å². The summed E-state index contributed by atoms with van der Waals surface area (Å²) < 4.78 is 36.0. The Morgan fingerprint density at radius 2 is 1.91 bits per heavy atom. The number of epoxide rings is 1. The Hall–Kier alpha value is -2.38. The first-order valence-corrected chi connectivity index (χ1v) is 8.75. The molecule has 1 amide bonds. The summed E-state index contributed by atoms with van der Waals surface area (Å²) in [6.45, 7) is 0.453. The lowest BCUT2D eigenvalue weighted by Crippen LogP contribution is -2.13. The van der Waals surface area contributed by atoms with Crippen LogP contribution in [0, 0.1) is 0 Å². The van der Waals surface area contributed by atoms with Crippen molar-refractivity contribution < 1.29 is 22.7 Å². The maximum absolute atomic E-state index is 12.6. The van der Waals surface area contributed by atoms with E-state index in [2.05, 4.69) is 5.32 Å². The van der Waals surface area contributed by atoms with Gasteiger partial charge >= 0.3 is 0 Å². The predicted molar refractivity (Wildman–Crippen MR) is 82.7 cm³/mol. The van der Waals surface area contributed by atoms with Crippen molar-refractivity contribution in [2.75, 3.05) is 17.7 Å². The standard InChI is InChI=1S/C16H13NO5S/c18-16-11-4-1-2-6-13(11)22-15-12(17-16)5-3-7-14(15)23(19,20)9-10-8-21-10/h1-7,10H,8-9H2,(H,17,18). The maximum atomic E-state index is 12.6. The number of hydrogen-bond donors (Lipinski definition) is 1. The fraction of sp³-hybridized carbons (Fsp3) is 0.188. The van der Waals surface area contributed by atoms with E-state index < -0.39 is 9.84 Å². The van der Waals surface area contributed by atoms with Crippen LogP contribution in [0.5, 0.6) is 11.5 Å². The van der Waals surface area contributed by atoms with Gasteiger partial charge in [-0.3, -0.25) is 4.79 Å². The number of fused-ring (bicyclic) bond motifs is 2. The second kappa shape index (κ2) is 5.07. The molecule has 1 atom stereocenters. The first-order valence-electron chi connectivity index (χ1n) is 7.10. The topological polar surface area (TPSA) is 85.0 Å². The number of rotatable bonds is 3. The second-order valence-corrected chi connectivity index (χ2v) is 7.42. The summed E-state index contributed by atoms with van der Waals surface area (Å²) in [5.74, 6) is 0.0440. The lowest BCUT2D eigenvalue weighted by molar-refractivity contribution is 0.102. The molecule has 0 aromatic heterocycles. The maximum Gasteiger partial charge on any atom is 0.259 e. The highest BCUT2D eigenvalue weighted by molar-refractivity contribution is 7.91. The van der Waals surface area contributed by atoms with Crippen molar-refractivity contribution in [2.45, 2.75) is 11.0 Å². The Morgan fingerprint density at radius 1 is 1.13 bits per heavy atom. The minimum Gasteiger partial charge on any atom is -0.453 e. The number of carbonyl (C=O) groups is 1. The van der Waals surface area contributed by atoms with Crippen molar-refractivity contribution in [2.24, 2.45) is 0 Å². The molecular weight excluding hydrogens is 318 g/mol. The molecule has 0 aliphatic carbocycles. The lowest BCUT2D eigenvalue weighted by Gasteiger charge is -2.13. The Bertz CT molecular complexity index is 902. The van der Waals surface area contributed by atoms with Crippen molar-refractivity contribution in [3.8, 4) is 11.5 Å². The molecule has 1 N–H and O–H groups in total. The smallest absolute Gasteiger partial charge is 0.259 e. The molecule has 1 saturated heterocycles. The summed E-state index contributed by atoms with van der Waals surface area (Å²) >= 11 is 0. The summed E-state index contributed by atoms with van der Waals surface area (Å²) in [7, 11) is -3.58. The van der Waals surface area contributed by atoms with Gasteiger partial charge < -0.3 is 14.8 Å². The van der Waals surface area contributed by atoms with Crippen LogP contribution in [0.4, 0.5) is 5.69 Å². The van der Waals surface area contributed by atoms with Crippen LogP contribution in [0.25, 0.3) is 0 Å². The van der Waals surface area contributed by atoms with E-state index >= 15 is 0 Å². The Balaban J connectivity index is 1.85. The van der Waals surface area contributed by atoms with Crippen molar-refractivity contribution in [1.82, 2.24) is 0 Å². The highest BCUT2D eigenvalue weighted by atomic mass is 32.2. The van der Waals surface area contributed by atoms with Gasteiger partial charge in [0, 0.05) is 0 Å². The SMILES string of the molecule is O=C1Nc2cccc(S(=O)(=O)CC3CO3)c2Oc2ccccc21. The van der Waals surface area contributed by atoms with Gasteiger partial charge in [-0.1, -0.05) is 18.2 Å². The van der Waals surface area contributed by atoms with E-state index in [1.165, 1.54) is 6.07 Å². The fourth-order valence-corrected chi connectivity index (χ4v) is 4.09. The number of para-hydroxylation sites is 2. The highest BCUT2D eigenvalue weighted by Crippen LogP contribution is 2.40. The summed E-state index contributed by atoms with van der Waals surface area (Å²) in [6.07, 6.45) is -0.261. The number of nitrogens with one attached hydrogen (secondary N) is 1. The molecule has 7 heteroatoms. The molecule has 0 spiro atoms. The number of anilines is 1. The Labute approximate surface area is 133 Å². The third kappa shape index (κ3) is 2.58. The molecule has 2 aliphatic rings. The summed E-state index contributed by atoms with van der Waals surface area (Å²) in [5, 5.41) is 2.70. The van der Waals surface area contributed by atoms with Crippen LogP contribution < -0.4 is 10.1 Å². The van der Waals surface area contributed by atoms with Crippen molar-refractivity contribution in [3.05, 3.63) is 48.0 Å². The largest absolute Gasteiger partial charge is 0.453 e. The van der Waals surface area contributed by atoms with Crippen LogP contribution in [0.1, 0.15) is 10.4 Å². The molecule has 2 heterocycles. The number of sulfone groups is 1. The van der Waals surface area contributed by atoms with Gasteiger partial charge in [-0.15, -0.1) is 0 Å². The monoisotopic (exact) mass is 331 g/mol. The third-order valence-corrected chi connectivity index (χ3v) is 5.52. The molecule has 1 fully saturated rings. The molecule has 1 unspecified atom stereocenters. The molecule has 0 saturated carbocycles. The van der Waals surface area contributed by atoms with Gasteiger partial charge in [-0.2, -0.15) is 0 Å². The highest BCUT2D eigenvalue weighted by Gasteiger charge is 2.34. The molecule has 2 aromatic carbocycles. The molecule has 0 radical (unpaired) electrons. The van der Waals surface area contributed by atoms with E-state index in [4.69, 9.17) is 9.47 Å². The normalized spacial score (nSPS) is 19.0. The van der Waals surface area contributed by atoms with Gasteiger partial charge in [0.15, 0.2) is 15.6 Å². The van der Waals surface area contributed by atoms with E-state index in [9.17, 15) is 13.2 Å². The molecule has 4 rings (SSSR count). The first-order chi connectivity index (χ1) is 11.0. The summed E-state index contributed by atoms with van der Waals surface area (Å²) in [4.78, 5) is 12.3. The zero-order valence-electron chi connectivity index (χ0n) is 12.0. The van der Waals surface area contributed by atoms with E-state index in [1.807, 2.05) is 0 Å². The van der Waals surface area contributed by atoms with Crippen LogP contribution in [0.2, 0.25) is 0 Å². The van der Waals surface area contributed by atoms with Gasteiger partial charge in [-0.25, -0.2) is 8.42 Å². The van der Waals surface area contributed by atoms with Crippen LogP contribution >= 0.6 is 0 Å². The van der Waals surface area contributed by atoms with Gasteiger partial charge in [0.25, 0.3) is 5.91 Å². The molecule has 2 aliphatic heterocycles. The molecule has 23 heavy (non-hydrogen) atoms. The zero-order chi connectivity index (χ0) is 16.0. The Kier molecular flexibility index (Phi) is 3.14. The quantitative estimate of drug-likeness (QED) is 0.872. The van der Waals surface area contributed by atoms with Gasteiger partial charge in [-0.05, 0) is 24.3 Å².